The summed E-state index contributed by atoms with van der Waals surface area (Å²) in [5.74, 6) is 0.632. The molecule has 3 heteroatoms. The SMILES string of the molecule is CCC(CC)c1cn2ccsc2n1. The maximum atomic E-state index is 4.60. The molecule has 0 unspecified atom stereocenters. The molecule has 0 bridgehead atoms. The van der Waals surface area contributed by atoms with E-state index >= 15 is 0 Å². The molecule has 0 saturated carbocycles. The van der Waals surface area contributed by atoms with Gasteiger partial charge in [0.25, 0.3) is 0 Å². The fourth-order valence-corrected chi connectivity index (χ4v) is 2.36. The van der Waals surface area contributed by atoms with E-state index < -0.39 is 0 Å². The summed E-state index contributed by atoms with van der Waals surface area (Å²) in [5.41, 5.74) is 1.25. The van der Waals surface area contributed by atoms with Crippen LogP contribution in [0.2, 0.25) is 0 Å². The van der Waals surface area contributed by atoms with E-state index in [1.807, 2.05) is 0 Å². The van der Waals surface area contributed by atoms with Gasteiger partial charge in [0.2, 0.25) is 0 Å². The molecule has 13 heavy (non-hydrogen) atoms. The second-order valence-electron chi connectivity index (χ2n) is 3.27. The second-order valence-corrected chi connectivity index (χ2v) is 4.15. The van der Waals surface area contributed by atoms with Crippen molar-refractivity contribution in [2.24, 2.45) is 0 Å². The highest BCUT2D eigenvalue weighted by Crippen LogP contribution is 2.23. The van der Waals surface area contributed by atoms with E-state index in [9.17, 15) is 0 Å². The van der Waals surface area contributed by atoms with Gasteiger partial charge in [-0.2, -0.15) is 0 Å². The molecule has 0 fully saturated rings. The van der Waals surface area contributed by atoms with Gasteiger partial charge in [0, 0.05) is 23.7 Å². The Morgan fingerprint density at radius 1 is 1.46 bits per heavy atom. The highest BCUT2D eigenvalue weighted by atomic mass is 32.1. The minimum atomic E-state index is 0.632. The van der Waals surface area contributed by atoms with Crippen LogP contribution in [0.25, 0.3) is 4.96 Å². The van der Waals surface area contributed by atoms with Crippen LogP contribution in [0.3, 0.4) is 0 Å². The maximum Gasteiger partial charge on any atom is 0.193 e. The zero-order chi connectivity index (χ0) is 9.26. The van der Waals surface area contributed by atoms with Crippen LogP contribution in [0, 0.1) is 0 Å². The van der Waals surface area contributed by atoms with Crippen molar-refractivity contribution in [3.8, 4) is 0 Å². The lowest BCUT2D eigenvalue weighted by Gasteiger charge is -2.06. The summed E-state index contributed by atoms with van der Waals surface area (Å²) in [4.78, 5) is 5.71. The Morgan fingerprint density at radius 3 is 2.85 bits per heavy atom. The molecule has 2 rings (SSSR count). The molecule has 0 radical (unpaired) electrons. The quantitative estimate of drug-likeness (QED) is 0.732. The molecule has 0 N–H and O–H groups in total. The molecule has 0 aliphatic carbocycles. The van der Waals surface area contributed by atoms with Gasteiger partial charge in [-0.25, -0.2) is 4.98 Å². The van der Waals surface area contributed by atoms with Gasteiger partial charge in [-0.1, -0.05) is 13.8 Å². The van der Waals surface area contributed by atoms with Crippen LogP contribution in [-0.2, 0) is 0 Å². The topological polar surface area (TPSA) is 17.3 Å². The summed E-state index contributed by atoms with van der Waals surface area (Å²) in [5, 5.41) is 2.07. The first-order valence-corrected chi connectivity index (χ1v) is 5.65. The average Bonchev–Trinajstić information content (AvgIpc) is 2.65. The molecule has 0 aliphatic heterocycles. The number of aromatic nitrogens is 2. The number of hydrogen-bond donors (Lipinski definition) is 0. The zero-order valence-corrected chi connectivity index (χ0v) is 8.84. The Bertz CT molecular complexity index is 356. The van der Waals surface area contributed by atoms with Gasteiger partial charge >= 0.3 is 0 Å². The van der Waals surface area contributed by atoms with E-state index in [0.29, 0.717) is 5.92 Å². The van der Waals surface area contributed by atoms with Gasteiger partial charge in [-0.3, -0.25) is 4.40 Å². The average molecular weight is 194 g/mol. The van der Waals surface area contributed by atoms with Crippen LogP contribution in [0.15, 0.2) is 17.8 Å². The lowest BCUT2D eigenvalue weighted by Crippen LogP contribution is -1.94. The summed E-state index contributed by atoms with van der Waals surface area (Å²) in [6, 6.07) is 0. The maximum absolute atomic E-state index is 4.60. The van der Waals surface area contributed by atoms with Gasteiger partial charge in [-0.15, -0.1) is 11.3 Å². The van der Waals surface area contributed by atoms with Crippen LogP contribution in [0.4, 0.5) is 0 Å². The van der Waals surface area contributed by atoms with Crippen molar-refractivity contribution in [3.63, 3.8) is 0 Å². The molecule has 70 valence electrons. The Labute approximate surface area is 82.2 Å². The first kappa shape index (κ1) is 8.75. The molecular weight excluding hydrogens is 180 g/mol. The molecule has 2 aromatic heterocycles. The number of rotatable bonds is 3. The van der Waals surface area contributed by atoms with Gasteiger partial charge in [0.1, 0.15) is 0 Å². The van der Waals surface area contributed by atoms with E-state index in [4.69, 9.17) is 0 Å². The van der Waals surface area contributed by atoms with Crippen LogP contribution in [0.1, 0.15) is 38.3 Å². The Balaban J connectivity index is 2.37. The fourth-order valence-electron chi connectivity index (χ4n) is 1.65. The smallest absolute Gasteiger partial charge is 0.193 e. The summed E-state index contributed by atoms with van der Waals surface area (Å²) >= 11 is 1.70. The van der Waals surface area contributed by atoms with E-state index in [2.05, 4.69) is 41.0 Å². The lowest BCUT2D eigenvalue weighted by molar-refractivity contribution is 0.627. The lowest BCUT2D eigenvalue weighted by atomic mass is 10.0. The van der Waals surface area contributed by atoms with Crippen molar-refractivity contribution in [2.75, 3.05) is 0 Å². The van der Waals surface area contributed by atoms with Crippen molar-refractivity contribution >= 4 is 16.3 Å². The first-order chi connectivity index (χ1) is 6.35. The van der Waals surface area contributed by atoms with Gasteiger partial charge < -0.3 is 0 Å². The van der Waals surface area contributed by atoms with E-state index in [1.165, 1.54) is 18.5 Å². The third kappa shape index (κ3) is 1.48. The van der Waals surface area contributed by atoms with Crippen molar-refractivity contribution in [1.29, 1.82) is 0 Å². The molecule has 0 aromatic carbocycles. The second kappa shape index (κ2) is 3.50. The number of thiazole rings is 1. The predicted molar refractivity (Wildman–Crippen MR) is 56.4 cm³/mol. The standard InChI is InChI=1S/C10H14N2S/c1-3-8(4-2)9-7-12-5-6-13-10(12)11-9/h5-8H,3-4H2,1-2H3. The fraction of sp³-hybridized carbons (Fsp3) is 0.500. The van der Waals surface area contributed by atoms with Gasteiger partial charge in [0.15, 0.2) is 4.96 Å². The van der Waals surface area contributed by atoms with Gasteiger partial charge in [0.05, 0.1) is 5.69 Å². The van der Waals surface area contributed by atoms with Crippen molar-refractivity contribution in [3.05, 3.63) is 23.5 Å². The van der Waals surface area contributed by atoms with Crippen LogP contribution in [0.5, 0.6) is 0 Å². The third-order valence-corrected chi connectivity index (χ3v) is 3.29. The van der Waals surface area contributed by atoms with E-state index in [0.717, 1.165) is 4.96 Å². The van der Waals surface area contributed by atoms with Crippen molar-refractivity contribution in [1.82, 2.24) is 9.38 Å². The molecule has 0 saturated heterocycles. The number of fused-ring (bicyclic) bond motifs is 1. The molecule has 2 aromatic rings. The molecule has 2 heterocycles. The summed E-state index contributed by atoms with van der Waals surface area (Å²) in [7, 11) is 0. The zero-order valence-electron chi connectivity index (χ0n) is 8.03. The van der Waals surface area contributed by atoms with Crippen molar-refractivity contribution in [2.45, 2.75) is 32.6 Å². The Kier molecular flexibility index (Phi) is 2.36. The van der Waals surface area contributed by atoms with Crippen LogP contribution >= 0.6 is 11.3 Å². The minimum absolute atomic E-state index is 0.632. The van der Waals surface area contributed by atoms with Crippen LogP contribution in [-0.4, -0.2) is 9.38 Å². The highest BCUT2D eigenvalue weighted by Gasteiger charge is 2.11. The minimum Gasteiger partial charge on any atom is -0.297 e. The van der Waals surface area contributed by atoms with Crippen LogP contribution < -0.4 is 0 Å². The summed E-state index contributed by atoms with van der Waals surface area (Å²) in [6.07, 6.45) is 6.59. The normalized spacial score (nSPS) is 11.6. The van der Waals surface area contributed by atoms with Gasteiger partial charge in [-0.05, 0) is 12.8 Å². The first-order valence-electron chi connectivity index (χ1n) is 4.77. The monoisotopic (exact) mass is 194 g/mol. The molecule has 0 aliphatic rings. The van der Waals surface area contributed by atoms with Crippen molar-refractivity contribution < 1.29 is 0 Å². The Hall–Kier alpha value is -0.830. The number of hydrogen-bond acceptors (Lipinski definition) is 2. The molecule has 2 nitrogen and oxygen atoms in total. The number of imidazole rings is 1. The highest BCUT2D eigenvalue weighted by molar-refractivity contribution is 7.15. The summed E-state index contributed by atoms with van der Waals surface area (Å²) in [6.45, 7) is 4.45. The summed E-state index contributed by atoms with van der Waals surface area (Å²) < 4.78 is 2.11. The third-order valence-electron chi connectivity index (χ3n) is 2.52. The largest absolute Gasteiger partial charge is 0.297 e. The van der Waals surface area contributed by atoms with E-state index in [1.54, 1.807) is 11.3 Å². The Morgan fingerprint density at radius 2 is 2.23 bits per heavy atom. The molecule has 0 atom stereocenters. The number of nitrogens with zero attached hydrogens (tertiary/aromatic N) is 2. The molecular formula is C10H14N2S. The predicted octanol–water partition coefficient (Wildman–Crippen LogP) is 3.30. The molecule has 0 spiro atoms. The van der Waals surface area contributed by atoms with E-state index in [-0.39, 0.29) is 0 Å². The molecule has 0 amide bonds.